The average Bonchev–Trinajstić information content (AvgIpc) is 2.16. The first-order valence-corrected chi connectivity index (χ1v) is 5.72. The van der Waals surface area contributed by atoms with Crippen LogP contribution in [0.2, 0.25) is 0 Å². The Hall–Kier alpha value is -1.47. The van der Waals surface area contributed by atoms with Crippen LogP contribution in [0.5, 0.6) is 0 Å². The summed E-state index contributed by atoms with van der Waals surface area (Å²) in [7, 11) is -2.82. The fraction of sp³-hybridized carbons (Fsp3) is 0.222. The minimum Gasteiger partial charge on any atom is -0.480 e. The lowest BCUT2D eigenvalue weighted by Crippen LogP contribution is -2.32. The molecular weight excluding hydrogens is 237 g/mol. The molecule has 1 rings (SSSR count). The zero-order valence-electron chi connectivity index (χ0n) is 8.42. The van der Waals surface area contributed by atoms with Crippen molar-refractivity contribution in [3.63, 3.8) is 0 Å². The minimum absolute atomic E-state index is 0.267. The van der Waals surface area contributed by atoms with Gasteiger partial charge in [-0.25, -0.2) is 12.8 Å². The average molecular weight is 247 g/mol. The van der Waals surface area contributed by atoms with Gasteiger partial charge >= 0.3 is 5.97 Å². The van der Waals surface area contributed by atoms with Crippen molar-refractivity contribution in [2.24, 2.45) is 0 Å². The predicted molar refractivity (Wildman–Crippen MR) is 53.9 cm³/mol. The number of likely N-dealkylation sites (N-methyl/N-ethyl adjacent to an activating group) is 1. The molecule has 0 amide bonds. The SMILES string of the molecule is CN(CC(=O)O)S(=O)(=O)c1cccc(F)c1. The topological polar surface area (TPSA) is 74.7 Å². The number of halogens is 1. The van der Waals surface area contributed by atoms with E-state index < -0.39 is 28.4 Å². The maximum atomic E-state index is 12.8. The molecule has 0 aromatic heterocycles. The van der Waals surface area contributed by atoms with Gasteiger partial charge in [0.05, 0.1) is 4.90 Å². The number of hydrogen-bond donors (Lipinski definition) is 1. The second kappa shape index (κ2) is 4.58. The first-order chi connectivity index (χ1) is 7.34. The molecule has 16 heavy (non-hydrogen) atoms. The Morgan fingerprint density at radius 2 is 2.12 bits per heavy atom. The quantitative estimate of drug-likeness (QED) is 0.842. The van der Waals surface area contributed by atoms with E-state index in [4.69, 9.17) is 5.11 Å². The molecule has 1 N–H and O–H groups in total. The van der Waals surface area contributed by atoms with Crippen molar-refractivity contribution in [2.45, 2.75) is 4.90 Å². The van der Waals surface area contributed by atoms with Crippen LogP contribution < -0.4 is 0 Å². The van der Waals surface area contributed by atoms with Crippen LogP contribution in [0.25, 0.3) is 0 Å². The Balaban J connectivity index is 3.07. The highest BCUT2D eigenvalue weighted by Crippen LogP contribution is 2.14. The van der Waals surface area contributed by atoms with Crippen LogP contribution in [-0.4, -0.2) is 37.4 Å². The number of sulfonamides is 1. The molecule has 0 aliphatic heterocycles. The Morgan fingerprint density at radius 3 is 2.62 bits per heavy atom. The largest absolute Gasteiger partial charge is 0.480 e. The van der Waals surface area contributed by atoms with E-state index in [1.165, 1.54) is 12.1 Å². The highest BCUT2D eigenvalue weighted by Gasteiger charge is 2.22. The van der Waals surface area contributed by atoms with Crippen molar-refractivity contribution in [3.05, 3.63) is 30.1 Å². The fourth-order valence-electron chi connectivity index (χ4n) is 1.08. The Kier molecular flexibility index (Phi) is 3.61. The van der Waals surface area contributed by atoms with Gasteiger partial charge in [-0.05, 0) is 18.2 Å². The van der Waals surface area contributed by atoms with Gasteiger partial charge in [-0.1, -0.05) is 6.07 Å². The number of benzene rings is 1. The van der Waals surface area contributed by atoms with Gasteiger partial charge in [0.1, 0.15) is 12.4 Å². The van der Waals surface area contributed by atoms with Crippen LogP contribution in [0.1, 0.15) is 0 Å². The molecule has 5 nitrogen and oxygen atoms in total. The number of rotatable bonds is 4. The van der Waals surface area contributed by atoms with Crippen LogP contribution in [-0.2, 0) is 14.8 Å². The van der Waals surface area contributed by atoms with Crippen molar-refractivity contribution in [2.75, 3.05) is 13.6 Å². The van der Waals surface area contributed by atoms with Crippen molar-refractivity contribution in [3.8, 4) is 0 Å². The maximum absolute atomic E-state index is 12.8. The fourth-order valence-corrected chi connectivity index (χ4v) is 2.24. The molecule has 0 saturated heterocycles. The normalized spacial score (nSPS) is 11.7. The van der Waals surface area contributed by atoms with E-state index in [2.05, 4.69) is 0 Å². The van der Waals surface area contributed by atoms with Gasteiger partial charge in [0.25, 0.3) is 0 Å². The molecule has 0 aliphatic carbocycles. The number of carbonyl (C=O) groups is 1. The van der Waals surface area contributed by atoms with E-state index in [-0.39, 0.29) is 4.90 Å². The summed E-state index contributed by atoms with van der Waals surface area (Å²) in [6, 6.07) is 4.40. The predicted octanol–water partition coefficient (Wildman–Crippen LogP) is 0.531. The van der Waals surface area contributed by atoms with E-state index in [1.807, 2.05) is 0 Å². The van der Waals surface area contributed by atoms with Crippen molar-refractivity contribution < 1.29 is 22.7 Å². The van der Waals surface area contributed by atoms with E-state index in [0.717, 1.165) is 19.2 Å². The van der Waals surface area contributed by atoms with Gasteiger partial charge in [0.2, 0.25) is 10.0 Å². The molecular formula is C9H10FNO4S. The minimum atomic E-state index is -3.94. The molecule has 0 unspecified atom stereocenters. The van der Waals surface area contributed by atoms with Crippen LogP contribution in [0.15, 0.2) is 29.2 Å². The number of hydrogen-bond acceptors (Lipinski definition) is 3. The van der Waals surface area contributed by atoms with Gasteiger partial charge in [0.15, 0.2) is 0 Å². The maximum Gasteiger partial charge on any atom is 0.318 e. The number of carboxylic acid groups (broad SMARTS) is 1. The molecule has 0 radical (unpaired) electrons. The first-order valence-electron chi connectivity index (χ1n) is 4.28. The lowest BCUT2D eigenvalue weighted by Gasteiger charge is -2.14. The van der Waals surface area contributed by atoms with E-state index in [0.29, 0.717) is 4.31 Å². The molecule has 88 valence electrons. The number of aliphatic carboxylic acids is 1. The van der Waals surface area contributed by atoms with Crippen LogP contribution in [0.4, 0.5) is 4.39 Å². The summed E-state index contributed by atoms with van der Waals surface area (Å²) in [5, 5.41) is 8.47. The summed E-state index contributed by atoms with van der Waals surface area (Å²) in [4.78, 5) is 10.1. The summed E-state index contributed by atoms with van der Waals surface area (Å²) >= 11 is 0. The van der Waals surface area contributed by atoms with E-state index in [9.17, 15) is 17.6 Å². The second-order valence-electron chi connectivity index (χ2n) is 3.11. The number of carboxylic acids is 1. The third kappa shape index (κ3) is 2.77. The second-order valence-corrected chi connectivity index (χ2v) is 5.16. The standard InChI is InChI=1S/C9H10FNO4S/c1-11(6-9(12)13)16(14,15)8-4-2-3-7(10)5-8/h2-5H,6H2,1H3,(H,12,13). The highest BCUT2D eigenvalue weighted by atomic mass is 32.2. The van der Waals surface area contributed by atoms with Gasteiger partial charge in [-0.15, -0.1) is 0 Å². The molecule has 0 heterocycles. The molecule has 0 aliphatic rings. The molecule has 7 heteroatoms. The molecule has 0 bridgehead atoms. The summed E-state index contributed by atoms with van der Waals surface area (Å²) in [5.74, 6) is -1.97. The molecule has 1 aromatic carbocycles. The van der Waals surface area contributed by atoms with Crippen molar-refractivity contribution in [1.29, 1.82) is 0 Å². The first kappa shape index (κ1) is 12.6. The molecule has 0 saturated carbocycles. The smallest absolute Gasteiger partial charge is 0.318 e. The van der Waals surface area contributed by atoms with Gasteiger partial charge in [-0.3, -0.25) is 4.79 Å². The van der Waals surface area contributed by atoms with E-state index >= 15 is 0 Å². The summed E-state index contributed by atoms with van der Waals surface area (Å²) in [6.07, 6.45) is 0. The van der Waals surface area contributed by atoms with Crippen LogP contribution in [0.3, 0.4) is 0 Å². The lowest BCUT2D eigenvalue weighted by atomic mass is 10.4. The molecule has 0 fully saturated rings. The summed E-state index contributed by atoms with van der Waals surface area (Å²) in [5.41, 5.74) is 0. The molecule has 0 spiro atoms. The monoisotopic (exact) mass is 247 g/mol. The lowest BCUT2D eigenvalue weighted by molar-refractivity contribution is -0.137. The number of nitrogens with zero attached hydrogens (tertiary/aromatic N) is 1. The van der Waals surface area contributed by atoms with E-state index in [1.54, 1.807) is 0 Å². The van der Waals surface area contributed by atoms with Crippen molar-refractivity contribution >= 4 is 16.0 Å². The third-order valence-electron chi connectivity index (χ3n) is 1.86. The Morgan fingerprint density at radius 1 is 1.50 bits per heavy atom. The van der Waals surface area contributed by atoms with Crippen LogP contribution >= 0.6 is 0 Å². The zero-order valence-corrected chi connectivity index (χ0v) is 9.24. The van der Waals surface area contributed by atoms with Gasteiger partial charge < -0.3 is 5.11 Å². The van der Waals surface area contributed by atoms with Crippen LogP contribution in [0, 0.1) is 5.82 Å². The third-order valence-corrected chi connectivity index (χ3v) is 3.66. The molecule has 1 aromatic rings. The van der Waals surface area contributed by atoms with Gasteiger partial charge in [0, 0.05) is 7.05 Å². The zero-order chi connectivity index (χ0) is 12.3. The van der Waals surface area contributed by atoms with Gasteiger partial charge in [-0.2, -0.15) is 4.31 Å². The highest BCUT2D eigenvalue weighted by molar-refractivity contribution is 7.89. The Bertz CT molecular complexity index is 500. The Labute approximate surface area is 92.2 Å². The summed E-state index contributed by atoms with van der Waals surface area (Å²) in [6.45, 7) is -0.668. The van der Waals surface area contributed by atoms with Crippen molar-refractivity contribution in [1.82, 2.24) is 4.31 Å². The molecule has 0 atom stereocenters. The summed E-state index contributed by atoms with van der Waals surface area (Å²) < 4.78 is 36.9.